The molecule has 0 radical (unpaired) electrons. The molecule has 2 heteroatoms. The van der Waals surface area contributed by atoms with Crippen LogP contribution in [0.2, 0.25) is 0 Å². The Morgan fingerprint density at radius 1 is 0.762 bits per heavy atom. The van der Waals surface area contributed by atoms with E-state index in [9.17, 15) is 0 Å². The van der Waals surface area contributed by atoms with E-state index < -0.39 is 0 Å². The number of hydrogen-bond acceptors (Lipinski definition) is 0. The van der Waals surface area contributed by atoms with E-state index in [0.29, 0.717) is 0 Å². The average Bonchev–Trinajstić information content (AvgIpc) is 2.55. The van der Waals surface area contributed by atoms with Crippen molar-refractivity contribution in [2.24, 2.45) is 0 Å². The Kier molecular flexibility index (Phi) is 3.00. The van der Waals surface area contributed by atoms with Crippen LogP contribution in [-0.4, -0.2) is 6.91 Å². The van der Waals surface area contributed by atoms with Crippen molar-refractivity contribution < 1.29 is 4.57 Å². The minimum absolute atomic E-state index is 0.892. The molecule has 21 heavy (non-hydrogen) atoms. The molecule has 2 heterocycles. The predicted molar refractivity (Wildman–Crippen MR) is 88.5 cm³/mol. The van der Waals surface area contributed by atoms with Crippen molar-refractivity contribution in [1.82, 2.24) is 0 Å². The summed E-state index contributed by atoms with van der Waals surface area (Å²) < 4.78 is 2.40. The van der Waals surface area contributed by atoms with Crippen LogP contribution in [0, 0.1) is 0 Å². The number of rotatable bonds is 2. The summed E-state index contributed by atoms with van der Waals surface area (Å²) in [7, 11) is 0. The molecule has 0 aliphatic heterocycles. The number of benzene rings is 2. The molecule has 0 unspecified atom stereocenters. The van der Waals surface area contributed by atoms with Crippen LogP contribution in [0.15, 0.2) is 78.7 Å². The third-order valence-corrected chi connectivity index (χ3v) is 3.95. The van der Waals surface area contributed by atoms with Crippen LogP contribution in [0.3, 0.4) is 0 Å². The number of para-hydroxylation sites is 2. The van der Waals surface area contributed by atoms with Gasteiger partial charge in [0.25, 0.3) is 0 Å². The Hall–Kier alpha value is -2.48. The number of pyridine rings is 1. The van der Waals surface area contributed by atoms with Gasteiger partial charge in [0.2, 0.25) is 0 Å². The molecule has 0 aliphatic carbocycles. The SMILES string of the molecule is b1cccc(C[n+]2c3ccccc3cc3ccccc32)c1. The molecule has 98 valence electrons. The number of aromatic nitrogens is 1. The van der Waals surface area contributed by atoms with Crippen LogP contribution in [0.5, 0.6) is 0 Å². The van der Waals surface area contributed by atoms with Crippen molar-refractivity contribution in [3.63, 3.8) is 0 Å². The van der Waals surface area contributed by atoms with E-state index in [1.165, 1.54) is 27.4 Å². The first-order valence-corrected chi connectivity index (χ1v) is 7.26. The van der Waals surface area contributed by atoms with Gasteiger partial charge < -0.3 is 0 Å². The maximum atomic E-state index is 2.40. The zero-order chi connectivity index (χ0) is 14.1. The Balaban J connectivity index is 2.02. The van der Waals surface area contributed by atoms with Gasteiger partial charge >= 0.3 is 124 Å². The first-order chi connectivity index (χ1) is 10.4. The van der Waals surface area contributed by atoms with Gasteiger partial charge in [0.1, 0.15) is 0 Å². The Bertz CT molecular complexity index is 862. The molecule has 2 aromatic heterocycles. The number of nitrogens with zero attached hydrogens (tertiary/aromatic N) is 1. The van der Waals surface area contributed by atoms with Crippen LogP contribution in [0.25, 0.3) is 21.8 Å². The fourth-order valence-electron chi connectivity index (χ4n) is 2.94. The van der Waals surface area contributed by atoms with Gasteiger partial charge in [-0.05, 0) is 0 Å². The number of fused-ring (bicyclic) bond motifs is 2. The molecule has 0 saturated carbocycles. The maximum absolute atomic E-state index is 2.40. The monoisotopic (exact) mass is 268 g/mol. The molecular formula is C19H15BN+. The summed E-state index contributed by atoms with van der Waals surface area (Å²) in [6.45, 7) is 2.99. The van der Waals surface area contributed by atoms with Gasteiger partial charge in [-0.3, -0.25) is 0 Å². The summed E-state index contributed by atoms with van der Waals surface area (Å²) >= 11 is 0. The Morgan fingerprint density at radius 3 is 2.05 bits per heavy atom. The van der Waals surface area contributed by atoms with E-state index in [1.807, 2.05) is 0 Å². The average molecular weight is 268 g/mol. The predicted octanol–water partition coefficient (Wildman–Crippen LogP) is 3.67. The Morgan fingerprint density at radius 2 is 1.43 bits per heavy atom. The summed E-state index contributed by atoms with van der Waals surface area (Å²) in [5.41, 5.74) is 3.88. The second kappa shape index (κ2) is 5.14. The molecule has 0 fully saturated rings. The second-order valence-corrected chi connectivity index (χ2v) is 5.33. The van der Waals surface area contributed by atoms with Gasteiger partial charge in [-0.15, -0.1) is 0 Å². The Labute approximate surface area is 124 Å². The molecule has 0 amide bonds. The van der Waals surface area contributed by atoms with Gasteiger partial charge in [0.05, 0.1) is 0 Å². The first kappa shape index (κ1) is 12.3. The van der Waals surface area contributed by atoms with E-state index in [0.717, 1.165) is 6.54 Å². The quantitative estimate of drug-likeness (QED) is 0.386. The summed E-state index contributed by atoms with van der Waals surface area (Å²) in [6, 6.07) is 23.7. The van der Waals surface area contributed by atoms with Crippen molar-refractivity contribution in [2.75, 3.05) is 0 Å². The molecule has 0 saturated heterocycles. The molecule has 0 spiro atoms. The second-order valence-electron chi connectivity index (χ2n) is 5.33. The van der Waals surface area contributed by atoms with Crippen LogP contribution >= 0.6 is 0 Å². The molecule has 0 N–H and O–H groups in total. The van der Waals surface area contributed by atoms with Gasteiger partial charge in [0.15, 0.2) is 0 Å². The zero-order valence-corrected chi connectivity index (χ0v) is 11.7. The molecule has 2 aromatic carbocycles. The first-order valence-electron chi connectivity index (χ1n) is 7.26. The van der Waals surface area contributed by atoms with E-state index in [-0.39, 0.29) is 0 Å². The molecular weight excluding hydrogens is 253 g/mol. The van der Waals surface area contributed by atoms with Crippen LogP contribution in [0.4, 0.5) is 0 Å². The van der Waals surface area contributed by atoms with Gasteiger partial charge in [-0.2, -0.15) is 0 Å². The van der Waals surface area contributed by atoms with Crippen molar-refractivity contribution >= 4 is 28.7 Å². The summed E-state index contributed by atoms with van der Waals surface area (Å²) in [6.07, 6.45) is 0. The van der Waals surface area contributed by atoms with Gasteiger partial charge in [0, 0.05) is 0 Å². The molecule has 0 atom stereocenters. The molecule has 4 rings (SSSR count). The standard InChI is InChI=1S/C19H15BN/c1-3-9-18-16(7-1)12-17-8-2-4-10-19(17)21(18)14-15-6-5-11-20-13-15/h1-13H,14H2/q+1. The van der Waals surface area contributed by atoms with E-state index in [4.69, 9.17) is 0 Å². The summed E-state index contributed by atoms with van der Waals surface area (Å²) in [4.78, 5) is 0. The topological polar surface area (TPSA) is 3.88 Å². The number of hydrogen-bond donors (Lipinski definition) is 0. The molecule has 0 aliphatic rings. The van der Waals surface area contributed by atoms with Gasteiger partial charge in [-0.1, -0.05) is 0 Å². The van der Waals surface area contributed by atoms with E-state index in [1.54, 1.807) is 0 Å². The van der Waals surface area contributed by atoms with E-state index in [2.05, 4.69) is 90.1 Å². The van der Waals surface area contributed by atoms with E-state index >= 15 is 0 Å². The summed E-state index contributed by atoms with van der Waals surface area (Å²) in [5.74, 6) is 4.25. The third-order valence-electron chi connectivity index (χ3n) is 3.95. The van der Waals surface area contributed by atoms with Crippen molar-refractivity contribution in [3.8, 4) is 0 Å². The van der Waals surface area contributed by atoms with Crippen LogP contribution in [-0.2, 0) is 6.54 Å². The fraction of sp³-hybridized carbons (Fsp3) is 0.0526. The molecule has 1 nitrogen and oxygen atoms in total. The molecule has 4 aromatic rings. The normalized spacial score (nSPS) is 10.9. The third kappa shape index (κ3) is 2.23. The van der Waals surface area contributed by atoms with Crippen molar-refractivity contribution in [1.29, 1.82) is 0 Å². The summed E-state index contributed by atoms with van der Waals surface area (Å²) in [5, 5.41) is 2.57. The van der Waals surface area contributed by atoms with Crippen LogP contribution < -0.4 is 4.57 Å². The van der Waals surface area contributed by atoms with Crippen LogP contribution in [0.1, 0.15) is 5.56 Å². The minimum atomic E-state index is 0.892. The zero-order valence-electron chi connectivity index (χ0n) is 11.7. The van der Waals surface area contributed by atoms with Crippen molar-refractivity contribution in [3.05, 3.63) is 84.2 Å². The van der Waals surface area contributed by atoms with Crippen molar-refractivity contribution in [2.45, 2.75) is 6.54 Å². The molecule has 0 bridgehead atoms. The van der Waals surface area contributed by atoms with Gasteiger partial charge in [-0.25, -0.2) is 0 Å². The fourth-order valence-corrected chi connectivity index (χ4v) is 2.94.